The van der Waals surface area contributed by atoms with Crippen LogP contribution in [-0.4, -0.2) is 34.3 Å². The Hall–Kier alpha value is -1.29. The number of aromatic nitrogens is 1. The number of carbonyl (C=O) groups excluding carboxylic acids is 1. The lowest BCUT2D eigenvalue weighted by Crippen LogP contribution is -2.29. The van der Waals surface area contributed by atoms with Crippen molar-refractivity contribution in [2.75, 3.05) is 13.1 Å². The first-order chi connectivity index (χ1) is 7.16. The number of halogens is 1. The van der Waals surface area contributed by atoms with E-state index in [0.29, 0.717) is 18.7 Å². The van der Waals surface area contributed by atoms with E-state index in [-0.39, 0.29) is 16.8 Å². The molecule has 0 spiro atoms. The van der Waals surface area contributed by atoms with Crippen molar-refractivity contribution >= 4 is 17.5 Å². The smallest absolute Gasteiger partial charge is 0.255 e. The van der Waals surface area contributed by atoms with Crippen molar-refractivity contribution < 1.29 is 4.79 Å². The number of aromatic amines is 1. The maximum Gasteiger partial charge on any atom is 0.255 e. The molecule has 0 aromatic carbocycles. The van der Waals surface area contributed by atoms with Gasteiger partial charge in [-0.2, -0.15) is 0 Å². The molecule has 1 aromatic heterocycles. The number of H-pyrrole nitrogens is 1. The lowest BCUT2D eigenvalue weighted by atomic mass is 10.2. The predicted octanol–water partition coefficient (Wildman–Crippen LogP) is 0.828. The summed E-state index contributed by atoms with van der Waals surface area (Å²) >= 11 is 5.91. The zero-order valence-electron chi connectivity index (χ0n) is 8.07. The van der Waals surface area contributed by atoms with Crippen LogP contribution in [0, 0.1) is 0 Å². The Balaban J connectivity index is 2.14. The minimum atomic E-state index is -0.205. The van der Waals surface area contributed by atoms with E-state index in [1.54, 1.807) is 4.90 Å². The predicted molar refractivity (Wildman–Crippen MR) is 57.2 cm³/mol. The van der Waals surface area contributed by atoms with Crippen LogP contribution in [0.4, 0.5) is 0 Å². The van der Waals surface area contributed by atoms with Gasteiger partial charge in [0, 0.05) is 25.4 Å². The number of alkyl halides is 1. The number of pyridine rings is 1. The molecule has 1 aliphatic heterocycles. The topological polar surface area (TPSA) is 53.2 Å². The van der Waals surface area contributed by atoms with Crippen molar-refractivity contribution in [2.24, 2.45) is 0 Å². The second-order valence-corrected chi connectivity index (χ2v) is 4.20. The summed E-state index contributed by atoms with van der Waals surface area (Å²) in [6.07, 6.45) is 2.27. The van der Waals surface area contributed by atoms with Gasteiger partial charge in [-0.05, 0) is 12.5 Å². The van der Waals surface area contributed by atoms with Gasteiger partial charge in [-0.25, -0.2) is 0 Å². The maximum absolute atomic E-state index is 11.8. The van der Waals surface area contributed by atoms with Crippen molar-refractivity contribution in [3.63, 3.8) is 0 Å². The maximum atomic E-state index is 11.8. The van der Waals surface area contributed by atoms with Crippen LogP contribution in [-0.2, 0) is 0 Å². The van der Waals surface area contributed by atoms with Crippen LogP contribution in [0.3, 0.4) is 0 Å². The van der Waals surface area contributed by atoms with Gasteiger partial charge in [0.15, 0.2) is 0 Å². The number of hydrogen-bond donors (Lipinski definition) is 1. The summed E-state index contributed by atoms with van der Waals surface area (Å²) in [6, 6.07) is 2.88. The second-order valence-electron chi connectivity index (χ2n) is 3.58. The second kappa shape index (κ2) is 4.06. The van der Waals surface area contributed by atoms with Gasteiger partial charge in [0.05, 0.1) is 10.9 Å². The first-order valence-corrected chi connectivity index (χ1v) is 5.22. The third-order valence-corrected chi connectivity index (χ3v) is 2.81. The average Bonchev–Trinajstić information content (AvgIpc) is 2.65. The van der Waals surface area contributed by atoms with Crippen LogP contribution in [0.25, 0.3) is 0 Å². The molecule has 2 heterocycles. The normalized spacial score (nSPS) is 20.6. The molecule has 4 nitrogen and oxygen atoms in total. The van der Waals surface area contributed by atoms with E-state index in [1.165, 1.54) is 18.3 Å². The van der Waals surface area contributed by atoms with Gasteiger partial charge in [0.1, 0.15) is 0 Å². The Labute approximate surface area is 91.9 Å². The molecule has 2 rings (SSSR count). The van der Waals surface area contributed by atoms with Crippen LogP contribution >= 0.6 is 11.6 Å². The summed E-state index contributed by atoms with van der Waals surface area (Å²) in [5, 5.41) is 0.0525. The third kappa shape index (κ3) is 2.21. The SMILES string of the molecule is O=C(c1ccc(=O)[nH]c1)N1CCC(Cl)C1. The highest BCUT2D eigenvalue weighted by Gasteiger charge is 2.25. The lowest BCUT2D eigenvalue weighted by molar-refractivity contribution is 0.0792. The molecule has 15 heavy (non-hydrogen) atoms. The molecule has 0 radical (unpaired) electrons. The highest BCUT2D eigenvalue weighted by molar-refractivity contribution is 6.21. The summed E-state index contributed by atoms with van der Waals surface area (Å²) in [5.41, 5.74) is 0.295. The first kappa shape index (κ1) is 10.2. The Kier molecular flexibility index (Phi) is 2.77. The number of rotatable bonds is 1. The monoisotopic (exact) mass is 226 g/mol. The summed E-state index contributed by atoms with van der Waals surface area (Å²) in [5.74, 6) is -0.0746. The summed E-state index contributed by atoms with van der Waals surface area (Å²) in [7, 11) is 0. The molecule has 1 N–H and O–H groups in total. The molecule has 80 valence electrons. The van der Waals surface area contributed by atoms with Crippen molar-refractivity contribution in [2.45, 2.75) is 11.8 Å². The highest BCUT2D eigenvalue weighted by Crippen LogP contribution is 2.16. The fourth-order valence-electron chi connectivity index (χ4n) is 1.63. The van der Waals surface area contributed by atoms with E-state index in [1.807, 2.05) is 0 Å². The Bertz CT molecular complexity index is 409. The van der Waals surface area contributed by atoms with Crippen LogP contribution in [0.15, 0.2) is 23.1 Å². The molecule has 5 heteroatoms. The number of nitrogens with one attached hydrogen (secondary N) is 1. The van der Waals surface area contributed by atoms with E-state index in [0.717, 1.165) is 6.42 Å². The molecule has 0 saturated carbocycles. The minimum absolute atomic E-state index is 0.0525. The lowest BCUT2D eigenvalue weighted by Gasteiger charge is -2.14. The number of nitrogens with zero attached hydrogens (tertiary/aromatic N) is 1. The number of amides is 1. The fourth-order valence-corrected chi connectivity index (χ4v) is 1.89. The summed E-state index contributed by atoms with van der Waals surface area (Å²) in [6.45, 7) is 1.27. The van der Waals surface area contributed by atoms with Gasteiger partial charge in [0.2, 0.25) is 5.56 Å². The highest BCUT2D eigenvalue weighted by atomic mass is 35.5. The summed E-state index contributed by atoms with van der Waals surface area (Å²) in [4.78, 5) is 26.8. The zero-order chi connectivity index (χ0) is 10.8. The van der Waals surface area contributed by atoms with Crippen molar-refractivity contribution in [1.29, 1.82) is 0 Å². The van der Waals surface area contributed by atoms with Gasteiger partial charge in [-0.15, -0.1) is 11.6 Å². The quantitative estimate of drug-likeness (QED) is 0.722. The van der Waals surface area contributed by atoms with E-state index in [2.05, 4.69) is 4.98 Å². The number of carbonyl (C=O) groups is 1. The fraction of sp³-hybridized carbons (Fsp3) is 0.400. The number of hydrogen-bond acceptors (Lipinski definition) is 2. The molecule has 1 saturated heterocycles. The molecule has 0 bridgehead atoms. The summed E-state index contributed by atoms with van der Waals surface area (Å²) < 4.78 is 0. The molecule has 1 aromatic rings. The minimum Gasteiger partial charge on any atom is -0.337 e. The standard InChI is InChI=1S/C10H11ClN2O2/c11-8-3-4-13(6-8)10(15)7-1-2-9(14)12-5-7/h1-2,5,8H,3-4,6H2,(H,12,14). The molecular weight excluding hydrogens is 216 g/mol. The molecule has 1 aliphatic rings. The Morgan fingerprint density at radius 2 is 2.33 bits per heavy atom. The average molecular weight is 227 g/mol. The van der Waals surface area contributed by atoms with Crippen LogP contribution in [0.2, 0.25) is 0 Å². The van der Waals surface area contributed by atoms with Gasteiger partial charge in [0.25, 0.3) is 5.91 Å². The van der Waals surface area contributed by atoms with Gasteiger partial charge in [-0.3, -0.25) is 9.59 Å². The van der Waals surface area contributed by atoms with Crippen molar-refractivity contribution in [3.05, 3.63) is 34.2 Å². The van der Waals surface area contributed by atoms with E-state index in [9.17, 15) is 9.59 Å². The van der Waals surface area contributed by atoms with E-state index < -0.39 is 0 Å². The Morgan fingerprint density at radius 3 is 2.87 bits per heavy atom. The van der Waals surface area contributed by atoms with Crippen LogP contribution < -0.4 is 5.56 Å². The number of likely N-dealkylation sites (tertiary alicyclic amines) is 1. The van der Waals surface area contributed by atoms with Crippen LogP contribution in [0.5, 0.6) is 0 Å². The van der Waals surface area contributed by atoms with Gasteiger partial charge < -0.3 is 9.88 Å². The van der Waals surface area contributed by atoms with Gasteiger partial charge in [-0.1, -0.05) is 0 Å². The third-order valence-electron chi connectivity index (χ3n) is 2.45. The molecule has 1 fully saturated rings. The molecule has 1 atom stereocenters. The van der Waals surface area contributed by atoms with Crippen molar-refractivity contribution in [3.8, 4) is 0 Å². The largest absolute Gasteiger partial charge is 0.337 e. The zero-order valence-corrected chi connectivity index (χ0v) is 8.83. The van der Waals surface area contributed by atoms with E-state index >= 15 is 0 Å². The first-order valence-electron chi connectivity index (χ1n) is 4.79. The van der Waals surface area contributed by atoms with Crippen molar-refractivity contribution in [1.82, 2.24) is 9.88 Å². The Morgan fingerprint density at radius 1 is 1.53 bits per heavy atom. The molecule has 1 unspecified atom stereocenters. The molecule has 1 amide bonds. The molecule has 0 aliphatic carbocycles. The van der Waals surface area contributed by atoms with Crippen LogP contribution in [0.1, 0.15) is 16.8 Å². The van der Waals surface area contributed by atoms with E-state index in [4.69, 9.17) is 11.6 Å². The van der Waals surface area contributed by atoms with Gasteiger partial charge >= 0.3 is 0 Å². The molecular formula is C10H11ClN2O2.